The molecule has 0 aromatic carbocycles. The summed E-state index contributed by atoms with van der Waals surface area (Å²) in [7, 11) is 0. The number of carbonyl (C=O) groups excluding carboxylic acids is 2. The average molecular weight is 400 g/mol. The molecule has 1 atom stereocenters. The van der Waals surface area contributed by atoms with Crippen LogP contribution in [-0.4, -0.2) is 52.8 Å². The highest BCUT2D eigenvalue weighted by molar-refractivity contribution is 6.14. The van der Waals surface area contributed by atoms with Crippen molar-refractivity contribution in [2.45, 2.75) is 40.2 Å². The van der Waals surface area contributed by atoms with Gasteiger partial charge in [0.25, 0.3) is 5.91 Å². The summed E-state index contributed by atoms with van der Waals surface area (Å²) in [5, 5.41) is 10.6. The van der Waals surface area contributed by atoms with Gasteiger partial charge in [0.05, 0.1) is 5.57 Å². The number of aryl methyl sites for hydroxylation is 2. The zero-order chi connectivity index (χ0) is 21.1. The predicted molar refractivity (Wildman–Crippen MR) is 108 cm³/mol. The van der Waals surface area contributed by atoms with Gasteiger partial charge in [-0.3, -0.25) is 9.59 Å². The van der Waals surface area contributed by atoms with Crippen LogP contribution in [0.25, 0.3) is 0 Å². The van der Waals surface area contributed by atoms with Crippen LogP contribution in [0.15, 0.2) is 44.4 Å². The molecule has 156 valence electrons. The number of carbonyl (C=O) groups is 2. The van der Waals surface area contributed by atoms with Crippen LogP contribution in [0.2, 0.25) is 0 Å². The predicted octanol–water partition coefficient (Wildman–Crippen LogP) is 3.80. The molecule has 0 saturated carbocycles. The summed E-state index contributed by atoms with van der Waals surface area (Å²) < 4.78 is 11.2. The van der Waals surface area contributed by atoms with Gasteiger partial charge in [0.1, 0.15) is 23.3 Å². The van der Waals surface area contributed by atoms with E-state index in [1.54, 1.807) is 38.1 Å². The molecule has 2 aromatic rings. The number of nitrogens with zero attached hydrogens (tertiary/aromatic N) is 2. The van der Waals surface area contributed by atoms with Crippen molar-refractivity contribution in [3.05, 3.63) is 58.6 Å². The van der Waals surface area contributed by atoms with Gasteiger partial charge in [0.2, 0.25) is 5.78 Å². The molecule has 7 heteroatoms. The highest BCUT2D eigenvalue weighted by Gasteiger charge is 2.45. The zero-order valence-electron chi connectivity index (χ0n) is 17.4. The third-order valence-corrected chi connectivity index (χ3v) is 5.31. The van der Waals surface area contributed by atoms with Crippen LogP contribution in [0.4, 0.5) is 0 Å². The minimum Gasteiger partial charge on any atom is -0.503 e. The van der Waals surface area contributed by atoms with Crippen molar-refractivity contribution in [2.24, 2.45) is 0 Å². The van der Waals surface area contributed by atoms with Crippen LogP contribution in [-0.2, 0) is 4.79 Å². The highest BCUT2D eigenvalue weighted by Crippen LogP contribution is 2.39. The molecule has 3 heterocycles. The van der Waals surface area contributed by atoms with E-state index in [0.29, 0.717) is 23.8 Å². The van der Waals surface area contributed by atoms with Crippen LogP contribution >= 0.6 is 0 Å². The van der Waals surface area contributed by atoms with E-state index >= 15 is 0 Å². The largest absolute Gasteiger partial charge is 0.503 e. The van der Waals surface area contributed by atoms with Crippen LogP contribution < -0.4 is 0 Å². The molecule has 1 N–H and O–H groups in total. The molecule has 2 aromatic heterocycles. The Balaban J connectivity index is 1.91. The summed E-state index contributed by atoms with van der Waals surface area (Å²) in [4.78, 5) is 29.7. The third-order valence-electron chi connectivity index (χ3n) is 5.31. The number of aliphatic hydroxyl groups is 1. The van der Waals surface area contributed by atoms with Gasteiger partial charge in [-0.1, -0.05) is 13.8 Å². The van der Waals surface area contributed by atoms with E-state index in [1.165, 1.54) is 4.90 Å². The number of hydrogen-bond donors (Lipinski definition) is 1. The first-order valence-electron chi connectivity index (χ1n) is 10.0. The Kier molecular flexibility index (Phi) is 6.27. The lowest BCUT2D eigenvalue weighted by molar-refractivity contribution is -0.129. The minimum atomic E-state index is -0.772. The molecule has 1 aliphatic heterocycles. The smallest absolute Gasteiger partial charge is 0.290 e. The second-order valence-electron chi connectivity index (χ2n) is 7.23. The molecule has 1 amide bonds. The third kappa shape index (κ3) is 4.15. The van der Waals surface area contributed by atoms with Gasteiger partial charge < -0.3 is 23.7 Å². The van der Waals surface area contributed by atoms with Crippen molar-refractivity contribution in [1.82, 2.24) is 9.80 Å². The van der Waals surface area contributed by atoms with Gasteiger partial charge in [0, 0.05) is 6.54 Å². The molecule has 7 nitrogen and oxygen atoms in total. The number of amides is 1. The maximum Gasteiger partial charge on any atom is 0.290 e. The fourth-order valence-corrected chi connectivity index (χ4v) is 3.71. The molecular weight excluding hydrogens is 372 g/mol. The zero-order valence-corrected chi connectivity index (χ0v) is 17.4. The number of rotatable bonds is 9. The van der Waals surface area contributed by atoms with Crippen LogP contribution in [0.3, 0.4) is 0 Å². The molecule has 0 bridgehead atoms. The molecule has 3 rings (SSSR count). The lowest BCUT2D eigenvalue weighted by atomic mass is 9.99. The Morgan fingerprint density at radius 1 is 1.10 bits per heavy atom. The van der Waals surface area contributed by atoms with Gasteiger partial charge in [0.15, 0.2) is 11.5 Å². The number of Topliss-reactive ketones (excluding diaryl/α,β-unsaturated/α-hetero) is 1. The number of ketones is 1. The molecular formula is C22H28N2O5. The fourth-order valence-electron chi connectivity index (χ4n) is 3.71. The minimum absolute atomic E-state index is 0.00143. The summed E-state index contributed by atoms with van der Waals surface area (Å²) in [5.41, 5.74) is 0.00143. The molecule has 29 heavy (non-hydrogen) atoms. The van der Waals surface area contributed by atoms with E-state index in [0.717, 1.165) is 26.1 Å². The Morgan fingerprint density at radius 3 is 2.31 bits per heavy atom. The van der Waals surface area contributed by atoms with Crippen molar-refractivity contribution in [1.29, 1.82) is 0 Å². The molecule has 0 aliphatic carbocycles. The van der Waals surface area contributed by atoms with Crippen LogP contribution in [0.1, 0.15) is 54.1 Å². The van der Waals surface area contributed by atoms with E-state index < -0.39 is 23.5 Å². The maximum absolute atomic E-state index is 13.1. The van der Waals surface area contributed by atoms with Gasteiger partial charge >= 0.3 is 0 Å². The first-order valence-corrected chi connectivity index (χ1v) is 10.0. The van der Waals surface area contributed by atoms with E-state index in [4.69, 9.17) is 8.83 Å². The molecule has 0 radical (unpaired) electrons. The summed E-state index contributed by atoms with van der Waals surface area (Å²) in [6.07, 6.45) is 0.720. The van der Waals surface area contributed by atoms with Crippen molar-refractivity contribution >= 4 is 11.7 Å². The van der Waals surface area contributed by atoms with Crippen LogP contribution in [0.5, 0.6) is 0 Å². The highest BCUT2D eigenvalue weighted by atomic mass is 16.4. The first kappa shape index (κ1) is 20.9. The maximum atomic E-state index is 13.1. The van der Waals surface area contributed by atoms with E-state index in [-0.39, 0.29) is 11.3 Å². The first-order chi connectivity index (χ1) is 13.9. The van der Waals surface area contributed by atoms with Crippen molar-refractivity contribution in [2.75, 3.05) is 26.2 Å². The van der Waals surface area contributed by atoms with E-state index in [1.807, 2.05) is 0 Å². The fraction of sp³-hybridized carbons (Fsp3) is 0.455. The number of hydrogen-bond acceptors (Lipinski definition) is 6. The molecule has 1 aliphatic rings. The lowest BCUT2D eigenvalue weighted by Gasteiger charge is -2.26. The Morgan fingerprint density at radius 2 is 1.76 bits per heavy atom. The number of aliphatic hydroxyl groups excluding tert-OH is 1. The molecule has 0 fully saturated rings. The Hall–Kier alpha value is -2.80. The second kappa shape index (κ2) is 8.69. The Bertz CT molecular complexity index is 919. The van der Waals surface area contributed by atoms with Crippen molar-refractivity contribution in [3.8, 4) is 0 Å². The Labute approximate surface area is 170 Å². The van der Waals surface area contributed by atoms with Gasteiger partial charge in [-0.05, 0) is 64.2 Å². The molecule has 0 saturated heterocycles. The van der Waals surface area contributed by atoms with E-state index in [9.17, 15) is 14.7 Å². The molecule has 0 unspecified atom stereocenters. The van der Waals surface area contributed by atoms with Crippen LogP contribution in [0, 0.1) is 13.8 Å². The van der Waals surface area contributed by atoms with E-state index in [2.05, 4.69) is 18.7 Å². The van der Waals surface area contributed by atoms with Gasteiger partial charge in [-0.2, -0.15) is 0 Å². The number of furan rings is 2. The van der Waals surface area contributed by atoms with Crippen molar-refractivity contribution < 1.29 is 23.5 Å². The molecule has 0 spiro atoms. The monoisotopic (exact) mass is 400 g/mol. The topological polar surface area (TPSA) is 87.1 Å². The second-order valence-corrected chi connectivity index (χ2v) is 7.23. The summed E-state index contributed by atoms with van der Waals surface area (Å²) in [6, 6.07) is 5.98. The van der Waals surface area contributed by atoms with Gasteiger partial charge in [-0.15, -0.1) is 0 Å². The summed E-state index contributed by atoms with van der Waals surface area (Å²) >= 11 is 0. The SMILES string of the molecule is CCN(CC)CCCN1C(=O)C(O)=C(C(=O)c2ccc(C)o2)[C@H]1c1ccc(C)o1. The van der Waals surface area contributed by atoms with Crippen molar-refractivity contribution in [3.63, 3.8) is 0 Å². The normalized spacial score (nSPS) is 17.1. The lowest BCUT2D eigenvalue weighted by Crippen LogP contribution is -2.34. The summed E-state index contributed by atoms with van der Waals surface area (Å²) in [6.45, 7) is 10.8. The average Bonchev–Trinajstić information content (AvgIpc) is 3.39. The standard InChI is InChI=1S/C22H28N2O5/c1-5-23(6-2)12-7-13-24-19(16-10-8-14(3)28-16)18(21(26)22(24)27)20(25)17-11-9-15(4)29-17/h8-11,19,26H,5-7,12-13H2,1-4H3/t19-/m1/s1. The van der Waals surface area contributed by atoms with Gasteiger partial charge in [-0.25, -0.2) is 0 Å². The summed E-state index contributed by atoms with van der Waals surface area (Å²) in [5.74, 6) is 0.196. The quantitative estimate of drug-likeness (QED) is 0.644.